The van der Waals surface area contributed by atoms with E-state index in [1.54, 1.807) is 17.4 Å². The summed E-state index contributed by atoms with van der Waals surface area (Å²) in [6.45, 7) is 0.817. The van der Waals surface area contributed by atoms with Crippen LogP contribution in [0.15, 0.2) is 33.4 Å². The summed E-state index contributed by atoms with van der Waals surface area (Å²) in [5.74, 6) is 1.13. The zero-order valence-electron chi connectivity index (χ0n) is 11.2. The summed E-state index contributed by atoms with van der Waals surface area (Å²) in [4.78, 5) is 4.52. The van der Waals surface area contributed by atoms with Crippen molar-refractivity contribution in [2.24, 2.45) is 0 Å². The van der Waals surface area contributed by atoms with E-state index >= 15 is 0 Å². The zero-order chi connectivity index (χ0) is 14.8. The van der Waals surface area contributed by atoms with Gasteiger partial charge in [-0.25, -0.2) is 9.37 Å². The second-order valence-electron chi connectivity index (χ2n) is 4.76. The molecule has 0 unspecified atom stereocenters. The number of benzene rings is 1. The predicted molar refractivity (Wildman–Crippen MR) is 89.8 cm³/mol. The molecule has 0 fully saturated rings. The molecule has 0 saturated carbocycles. The quantitative estimate of drug-likeness (QED) is 0.562. The number of imidazole rings is 1. The van der Waals surface area contributed by atoms with Gasteiger partial charge < -0.3 is 4.57 Å². The van der Waals surface area contributed by atoms with Crippen LogP contribution in [0.1, 0.15) is 11.4 Å². The molecule has 0 saturated heterocycles. The molecule has 1 aromatic carbocycles. The third-order valence-corrected chi connectivity index (χ3v) is 4.92. The number of hydrogen-bond acceptors (Lipinski definition) is 2. The third-order valence-electron chi connectivity index (χ3n) is 3.39. The minimum Gasteiger partial charge on any atom is -0.328 e. The monoisotopic (exact) mass is 386 g/mol. The van der Waals surface area contributed by atoms with Gasteiger partial charge in [-0.15, -0.1) is 11.6 Å². The van der Waals surface area contributed by atoms with E-state index in [1.165, 1.54) is 11.6 Å². The fourth-order valence-electron chi connectivity index (χ4n) is 2.37. The zero-order valence-corrected chi connectivity index (χ0v) is 14.3. The average molecular weight is 388 g/mol. The fraction of sp³-hybridized carbons (Fsp3) is 0.267. The highest BCUT2D eigenvalue weighted by atomic mass is 79.9. The van der Waals surface area contributed by atoms with Gasteiger partial charge in [-0.2, -0.15) is 11.3 Å². The summed E-state index contributed by atoms with van der Waals surface area (Å²) in [6, 6.07) is 5.39. The predicted octanol–water partition coefficient (Wildman–Crippen LogP) is 5.02. The van der Waals surface area contributed by atoms with Crippen molar-refractivity contribution < 1.29 is 4.39 Å². The van der Waals surface area contributed by atoms with E-state index in [2.05, 4.69) is 42.3 Å². The first kappa shape index (κ1) is 15.0. The summed E-state index contributed by atoms with van der Waals surface area (Å²) in [5.41, 5.74) is 2.93. The van der Waals surface area contributed by atoms with Gasteiger partial charge in [0.25, 0.3) is 0 Å². The first-order chi connectivity index (χ1) is 10.2. The molecule has 0 aliphatic rings. The molecule has 0 radical (unpaired) electrons. The van der Waals surface area contributed by atoms with Crippen molar-refractivity contribution in [2.45, 2.75) is 19.4 Å². The van der Waals surface area contributed by atoms with Gasteiger partial charge in [-0.05, 0) is 50.8 Å². The van der Waals surface area contributed by atoms with Crippen LogP contribution < -0.4 is 0 Å². The molecular formula is C15H13BrClFN2S. The molecule has 0 amide bonds. The first-order valence-corrected chi connectivity index (χ1v) is 8.87. The topological polar surface area (TPSA) is 17.8 Å². The van der Waals surface area contributed by atoms with Crippen molar-refractivity contribution in [3.8, 4) is 0 Å². The Bertz CT molecular complexity index is 755. The van der Waals surface area contributed by atoms with Crippen LogP contribution in [0.25, 0.3) is 11.0 Å². The van der Waals surface area contributed by atoms with E-state index in [1.807, 2.05) is 0 Å². The SMILES string of the molecule is Fc1cc2nc(CCCl)n(CCc3ccsc3)c2cc1Br. The molecule has 2 heterocycles. The Morgan fingerprint density at radius 1 is 1.33 bits per heavy atom. The van der Waals surface area contributed by atoms with E-state index in [4.69, 9.17) is 11.6 Å². The maximum Gasteiger partial charge on any atom is 0.139 e. The van der Waals surface area contributed by atoms with Crippen LogP contribution in [0.2, 0.25) is 0 Å². The summed E-state index contributed by atoms with van der Waals surface area (Å²) >= 11 is 10.8. The van der Waals surface area contributed by atoms with Crippen LogP contribution in [0.4, 0.5) is 4.39 Å². The van der Waals surface area contributed by atoms with Gasteiger partial charge in [0.05, 0.1) is 15.5 Å². The van der Waals surface area contributed by atoms with Crippen LogP contribution in [0, 0.1) is 5.82 Å². The van der Waals surface area contributed by atoms with Gasteiger partial charge in [-0.1, -0.05) is 0 Å². The Hall–Kier alpha value is -0.910. The lowest BCUT2D eigenvalue weighted by Crippen LogP contribution is -2.06. The minimum atomic E-state index is -0.289. The fourth-order valence-corrected chi connectivity index (χ4v) is 3.57. The van der Waals surface area contributed by atoms with Crippen molar-refractivity contribution in [3.63, 3.8) is 0 Å². The van der Waals surface area contributed by atoms with Gasteiger partial charge in [0, 0.05) is 24.9 Å². The molecule has 0 atom stereocenters. The minimum absolute atomic E-state index is 0.289. The number of fused-ring (bicyclic) bond motifs is 1. The largest absolute Gasteiger partial charge is 0.328 e. The Morgan fingerprint density at radius 2 is 2.19 bits per heavy atom. The molecular weight excluding hydrogens is 375 g/mol. The molecule has 2 nitrogen and oxygen atoms in total. The van der Waals surface area contributed by atoms with E-state index in [0.29, 0.717) is 22.3 Å². The Labute approximate surface area is 139 Å². The van der Waals surface area contributed by atoms with Gasteiger partial charge in [0.2, 0.25) is 0 Å². The number of aryl methyl sites for hydroxylation is 3. The van der Waals surface area contributed by atoms with Crippen molar-refractivity contribution >= 4 is 49.9 Å². The highest BCUT2D eigenvalue weighted by Gasteiger charge is 2.13. The third kappa shape index (κ3) is 3.15. The van der Waals surface area contributed by atoms with E-state index < -0.39 is 0 Å². The van der Waals surface area contributed by atoms with E-state index in [9.17, 15) is 4.39 Å². The second kappa shape index (κ2) is 6.46. The molecule has 0 bridgehead atoms. The van der Waals surface area contributed by atoms with Gasteiger partial charge in [-0.3, -0.25) is 0 Å². The molecule has 2 aromatic heterocycles. The summed E-state index contributed by atoms with van der Waals surface area (Å²) in [7, 11) is 0. The van der Waals surface area contributed by atoms with Crippen LogP contribution in [0.5, 0.6) is 0 Å². The number of halogens is 3. The smallest absolute Gasteiger partial charge is 0.139 e. The molecule has 0 spiro atoms. The second-order valence-corrected chi connectivity index (χ2v) is 6.77. The number of rotatable bonds is 5. The molecule has 6 heteroatoms. The first-order valence-electron chi connectivity index (χ1n) is 6.60. The van der Waals surface area contributed by atoms with Gasteiger partial charge in [0.15, 0.2) is 0 Å². The molecule has 0 aliphatic carbocycles. The maximum absolute atomic E-state index is 13.7. The van der Waals surface area contributed by atoms with Crippen molar-refractivity contribution in [2.75, 3.05) is 5.88 Å². The number of aromatic nitrogens is 2. The summed E-state index contributed by atoms with van der Waals surface area (Å²) in [5, 5.41) is 4.23. The number of alkyl halides is 1. The summed E-state index contributed by atoms with van der Waals surface area (Å²) in [6.07, 6.45) is 1.61. The van der Waals surface area contributed by atoms with Crippen LogP contribution >= 0.6 is 38.9 Å². The lowest BCUT2D eigenvalue weighted by atomic mass is 10.2. The molecule has 21 heavy (non-hydrogen) atoms. The number of hydrogen-bond donors (Lipinski definition) is 0. The Morgan fingerprint density at radius 3 is 2.90 bits per heavy atom. The highest BCUT2D eigenvalue weighted by Crippen LogP contribution is 2.25. The lowest BCUT2D eigenvalue weighted by molar-refractivity contribution is 0.622. The highest BCUT2D eigenvalue weighted by molar-refractivity contribution is 9.10. The normalized spacial score (nSPS) is 11.4. The van der Waals surface area contributed by atoms with E-state index in [-0.39, 0.29) is 5.82 Å². The van der Waals surface area contributed by atoms with Gasteiger partial charge in [0.1, 0.15) is 11.6 Å². The van der Waals surface area contributed by atoms with Crippen LogP contribution in [-0.2, 0) is 19.4 Å². The maximum atomic E-state index is 13.7. The number of thiophene rings is 1. The van der Waals surface area contributed by atoms with Crippen molar-refractivity contribution in [3.05, 3.63) is 50.6 Å². The lowest BCUT2D eigenvalue weighted by Gasteiger charge is -2.08. The molecule has 3 aromatic rings. The van der Waals surface area contributed by atoms with Gasteiger partial charge >= 0.3 is 0 Å². The van der Waals surface area contributed by atoms with Crippen molar-refractivity contribution in [1.82, 2.24) is 9.55 Å². The van der Waals surface area contributed by atoms with Crippen molar-refractivity contribution in [1.29, 1.82) is 0 Å². The summed E-state index contributed by atoms with van der Waals surface area (Å²) < 4.78 is 16.3. The molecule has 0 aliphatic heterocycles. The van der Waals surface area contributed by atoms with E-state index in [0.717, 1.165) is 24.3 Å². The standard InChI is InChI=1S/C15H13BrClFN2S/c16-11-7-14-13(8-12(11)18)19-15(1-4-17)20(14)5-2-10-3-6-21-9-10/h3,6-9H,1-2,4-5H2. The van der Waals surface area contributed by atoms with Crippen LogP contribution in [0.3, 0.4) is 0 Å². The molecule has 3 rings (SSSR count). The molecule has 0 N–H and O–H groups in total. The molecule has 110 valence electrons. The Balaban J connectivity index is 2.00. The Kier molecular flexibility index (Phi) is 4.62. The number of nitrogens with zero attached hydrogens (tertiary/aromatic N) is 2. The average Bonchev–Trinajstić information content (AvgIpc) is 3.06. The van der Waals surface area contributed by atoms with Crippen LogP contribution in [-0.4, -0.2) is 15.4 Å².